The van der Waals surface area contributed by atoms with E-state index in [0.29, 0.717) is 5.02 Å². The molecule has 4 atom stereocenters. The first kappa shape index (κ1) is 13.1. The third-order valence-corrected chi connectivity index (χ3v) is 5.01. The molecule has 3 aliphatic heterocycles. The quantitative estimate of drug-likeness (QED) is 0.866. The molecule has 3 saturated heterocycles. The van der Waals surface area contributed by atoms with Crippen LogP contribution in [0.25, 0.3) is 0 Å². The summed E-state index contributed by atoms with van der Waals surface area (Å²) in [5.74, 6) is -0.776. The first-order valence-corrected chi connectivity index (χ1v) is 7.53. The third kappa shape index (κ3) is 1.88. The number of hydrogen-bond donors (Lipinski definition) is 1. The van der Waals surface area contributed by atoms with Crippen molar-refractivity contribution in [1.29, 1.82) is 0 Å². The number of benzene rings is 1. The molecule has 0 aliphatic carbocycles. The van der Waals surface area contributed by atoms with Crippen molar-refractivity contribution in [3.05, 3.63) is 29.3 Å². The van der Waals surface area contributed by atoms with Crippen molar-refractivity contribution in [1.82, 2.24) is 4.90 Å². The van der Waals surface area contributed by atoms with E-state index in [-0.39, 0.29) is 42.5 Å². The van der Waals surface area contributed by atoms with Gasteiger partial charge in [0.15, 0.2) is 0 Å². The van der Waals surface area contributed by atoms with Gasteiger partial charge in [-0.05, 0) is 25.0 Å². The third-order valence-electron chi connectivity index (χ3n) is 4.68. The molecule has 2 bridgehead atoms. The second-order valence-electron chi connectivity index (χ2n) is 5.76. The van der Waals surface area contributed by atoms with Crippen molar-refractivity contribution in [3.63, 3.8) is 0 Å². The van der Waals surface area contributed by atoms with Crippen molar-refractivity contribution >= 4 is 29.1 Å². The molecule has 110 valence electrons. The van der Waals surface area contributed by atoms with E-state index in [1.807, 2.05) is 18.2 Å². The zero-order valence-corrected chi connectivity index (χ0v) is 12.0. The number of hydrogen-bond acceptors (Lipinski definition) is 4. The molecule has 3 heterocycles. The summed E-state index contributed by atoms with van der Waals surface area (Å²) in [6.45, 7) is 0.161. The Labute approximate surface area is 127 Å². The smallest absolute Gasteiger partial charge is 0.237 e. The van der Waals surface area contributed by atoms with Gasteiger partial charge in [0.2, 0.25) is 11.8 Å². The molecule has 6 heteroatoms. The molecule has 1 N–H and O–H groups in total. The lowest BCUT2D eigenvalue weighted by Gasteiger charge is -2.19. The maximum Gasteiger partial charge on any atom is 0.237 e. The highest BCUT2D eigenvalue weighted by molar-refractivity contribution is 6.33. The number of nitrogens with zero attached hydrogens (tertiary/aromatic N) is 1. The zero-order chi connectivity index (χ0) is 14.6. The lowest BCUT2D eigenvalue weighted by molar-refractivity contribution is -0.142. The van der Waals surface area contributed by atoms with E-state index in [2.05, 4.69) is 5.32 Å². The standard InChI is InChI=1S/C15H15ClN2O3/c16-8-3-1-2-4-9(8)17-7-18-14(19)12-10-5-6-11(21-10)13(12)15(18)20/h1-4,10-13,17H,5-7H2/t10-,11-,12-,13-/m1/s1. The zero-order valence-electron chi connectivity index (χ0n) is 11.3. The van der Waals surface area contributed by atoms with Gasteiger partial charge in [-0.2, -0.15) is 0 Å². The summed E-state index contributed by atoms with van der Waals surface area (Å²) in [7, 11) is 0. The summed E-state index contributed by atoms with van der Waals surface area (Å²) in [6, 6.07) is 7.27. The highest BCUT2D eigenvalue weighted by Crippen LogP contribution is 2.48. The van der Waals surface area contributed by atoms with Crippen LogP contribution in [0.2, 0.25) is 5.02 Å². The second kappa shape index (κ2) is 4.71. The van der Waals surface area contributed by atoms with Crippen molar-refractivity contribution in [3.8, 4) is 0 Å². The van der Waals surface area contributed by atoms with E-state index < -0.39 is 0 Å². The van der Waals surface area contributed by atoms with Crippen molar-refractivity contribution < 1.29 is 14.3 Å². The summed E-state index contributed by atoms with van der Waals surface area (Å²) in [5, 5.41) is 3.64. The molecular formula is C15H15ClN2O3. The molecule has 0 saturated carbocycles. The van der Waals surface area contributed by atoms with Crippen molar-refractivity contribution in [2.75, 3.05) is 12.0 Å². The number of ether oxygens (including phenoxy) is 1. The number of anilines is 1. The fourth-order valence-electron chi connectivity index (χ4n) is 3.70. The Bertz CT molecular complexity index is 593. The Balaban J connectivity index is 1.51. The van der Waals surface area contributed by atoms with E-state index >= 15 is 0 Å². The number of carbonyl (C=O) groups is 2. The maximum absolute atomic E-state index is 12.4. The predicted molar refractivity (Wildman–Crippen MR) is 76.7 cm³/mol. The molecule has 1 aromatic rings. The Morgan fingerprint density at radius 1 is 1.14 bits per heavy atom. The highest BCUT2D eigenvalue weighted by atomic mass is 35.5. The molecule has 2 amide bonds. The Morgan fingerprint density at radius 2 is 1.76 bits per heavy atom. The molecule has 21 heavy (non-hydrogen) atoms. The number of rotatable bonds is 3. The molecule has 3 aliphatic rings. The fourth-order valence-corrected chi connectivity index (χ4v) is 3.90. The predicted octanol–water partition coefficient (Wildman–Crippen LogP) is 1.87. The van der Waals surface area contributed by atoms with Crippen molar-refractivity contribution in [2.45, 2.75) is 25.0 Å². The Hall–Kier alpha value is -1.59. The highest BCUT2D eigenvalue weighted by Gasteiger charge is 2.62. The average Bonchev–Trinajstić information content (AvgIpc) is 3.14. The van der Waals surface area contributed by atoms with Crippen LogP contribution in [0.1, 0.15) is 12.8 Å². The summed E-state index contributed by atoms with van der Waals surface area (Å²) < 4.78 is 5.70. The molecule has 0 radical (unpaired) electrons. The van der Waals surface area contributed by atoms with Gasteiger partial charge in [0.1, 0.15) is 0 Å². The molecule has 0 aromatic heterocycles. The summed E-state index contributed by atoms with van der Waals surface area (Å²) in [4.78, 5) is 26.2. The topological polar surface area (TPSA) is 58.6 Å². The minimum Gasteiger partial charge on any atom is -0.373 e. The van der Waals surface area contributed by atoms with E-state index in [1.165, 1.54) is 4.90 Å². The van der Waals surface area contributed by atoms with Crippen molar-refractivity contribution in [2.24, 2.45) is 11.8 Å². The van der Waals surface area contributed by atoms with Crippen LogP contribution >= 0.6 is 11.6 Å². The molecule has 1 aromatic carbocycles. The SMILES string of the molecule is O=C1[C@H]2[C@H](C(=O)N1CNc1ccccc1Cl)[C@H]1CC[C@H]2O1. The van der Waals surface area contributed by atoms with Crippen LogP contribution in [-0.4, -0.2) is 35.6 Å². The summed E-state index contributed by atoms with van der Waals surface area (Å²) in [6.07, 6.45) is 1.64. The number of para-hydroxylation sites is 1. The lowest BCUT2D eigenvalue weighted by Crippen LogP contribution is -2.38. The van der Waals surface area contributed by atoms with Gasteiger partial charge in [0, 0.05) is 0 Å². The van der Waals surface area contributed by atoms with Gasteiger partial charge in [-0.25, -0.2) is 0 Å². The monoisotopic (exact) mass is 306 g/mol. The lowest BCUT2D eigenvalue weighted by atomic mass is 9.81. The molecule has 4 rings (SSSR count). The molecule has 5 nitrogen and oxygen atoms in total. The first-order chi connectivity index (χ1) is 10.2. The maximum atomic E-state index is 12.4. The number of nitrogens with one attached hydrogen (secondary N) is 1. The van der Waals surface area contributed by atoms with Crippen LogP contribution in [-0.2, 0) is 14.3 Å². The molecular weight excluding hydrogens is 292 g/mol. The number of amides is 2. The van der Waals surface area contributed by atoms with Gasteiger partial charge in [-0.3, -0.25) is 14.5 Å². The Kier molecular flexibility index (Phi) is 2.94. The van der Waals surface area contributed by atoms with E-state index in [0.717, 1.165) is 18.5 Å². The Morgan fingerprint density at radius 3 is 2.38 bits per heavy atom. The van der Waals surface area contributed by atoms with Crippen LogP contribution in [0.3, 0.4) is 0 Å². The first-order valence-electron chi connectivity index (χ1n) is 7.16. The van der Waals surface area contributed by atoms with Crippen LogP contribution < -0.4 is 5.32 Å². The number of halogens is 1. The van der Waals surface area contributed by atoms with Crippen LogP contribution in [0.4, 0.5) is 5.69 Å². The minimum atomic E-state index is -0.274. The van der Waals surface area contributed by atoms with Crippen LogP contribution in [0.5, 0.6) is 0 Å². The molecule has 0 unspecified atom stereocenters. The summed E-state index contributed by atoms with van der Waals surface area (Å²) in [5.41, 5.74) is 0.719. The molecule has 0 spiro atoms. The van der Waals surface area contributed by atoms with E-state index in [4.69, 9.17) is 16.3 Å². The van der Waals surface area contributed by atoms with Gasteiger partial charge >= 0.3 is 0 Å². The van der Waals surface area contributed by atoms with E-state index in [1.54, 1.807) is 6.07 Å². The second-order valence-corrected chi connectivity index (χ2v) is 6.17. The average molecular weight is 307 g/mol. The van der Waals surface area contributed by atoms with Crippen LogP contribution in [0, 0.1) is 11.8 Å². The van der Waals surface area contributed by atoms with Gasteiger partial charge in [0.05, 0.1) is 41.4 Å². The fraction of sp³-hybridized carbons (Fsp3) is 0.467. The van der Waals surface area contributed by atoms with Gasteiger partial charge in [-0.15, -0.1) is 0 Å². The normalized spacial score (nSPS) is 33.7. The number of likely N-dealkylation sites (tertiary alicyclic amines) is 1. The largest absolute Gasteiger partial charge is 0.373 e. The number of carbonyl (C=O) groups excluding carboxylic acids is 2. The molecule has 3 fully saturated rings. The summed E-state index contributed by atoms with van der Waals surface area (Å²) >= 11 is 6.06. The van der Waals surface area contributed by atoms with E-state index in [9.17, 15) is 9.59 Å². The van der Waals surface area contributed by atoms with Gasteiger partial charge in [-0.1, -0.05) is 23.7 Å². The minimum absolute atomic E-state index is 0.0678. The number of fused-ring (bicyclic) bond motifs is 5. The van der Waals surface area contributed by atoms with Gasteiger partial charge < -0.3 is 10.1 Å². The number of imide groups is 1. The van der Waals surface area contributed by atoms with Crippen LogP contribution in [0.15, 0.2) is 24.3 Å². The van der Waals surface area contributed by atoms with Gasteiger partial charge in [0.25, 0.3) is 0 Å².